The number of aromatic nitrogens is 1. The first-order chi connectivity index (χ1) is 9.93. The van der Waals surface area contributed by atoms with Crippen LogP contribution in [0.4, 0.5) is 0 Å². The molecule has 0 unspecified atom stereocenters. The Morgan fingerprint density at radius 2 is 1.81 bits per heavy atom. The minimum atomic E-state index is -3.54. The van der Waals surface area contributed by atoms with E-state index in [9.17, 15) is 8.42 Å². The summed E-state index contributed by atoms with van der Waals surface area (Å²) in [4.78, 5) is 4.21. The highest BCUT2D eigenvalue weighted by molar-refractivity contribution is 7.89. The molecule has 2 rings (SSSR count). The van der Waals surface area contributed by atoms with Crippen molar-refractivity contribution in [2.45, 2.75) is 24.9 Å². The second kappa shape index (κ2) is 6.34. The van der Waals surface area contributed by atoms with Gasteiger partial charge in [-0.15, -0.1) is 0 Å². The molecule has 2 aromatic rings. The zero-order chi connectivity index (χ0) is 15.5. The van der Waals surface area contributed by atoms with Gasteiger partial charge in [0.05, 0.1) is 5.69 Å². The molecule has 0 aliphatic carbocycles. The van der Waals surface area contributed by atoms with Gasteiger partial charge in [-0.05, 0) is 24.6 Å². The molecule has 21 heavy (non-hydrogen) atoms. The molecule has 5 nitrogen and oxygen atoms in total. The van der Waals surface area contributed by atoms with Gasteiger partial charge in [-0.2, -0.15) is 4.31 Å². The lowest BCUT2D eigenvalue weighted by atomic mass is 10.1. The maximum absolute atomic E-state index is 12.5. The summed E-state index contributed by atoms with van der Waals surface area (Å²) in [7, 11) is -1.98. The van der Waals surface area contributed by atoms with Crippen molar-refractivity contribution >= 4 is 10.0 Å². The van der Waals surface area contributed by atoms with Gasteiger partial charge in [0.2, 0.25) is 10.0 Å². The van der Waals surface area contributed by atoms with E-state index in [4.69, 9.17) is 5.73 Å². The number of hydrogen-bond acceptors (Lipinski definition) is 4. The lowest BCUT2D eigenvalue weighted by Crippen LogP contribution is -2.26. The van der Waals surface area contributed by atoms with Gasteiger partial charge in [-0.1, -0.05) is 29.8 Å². The van der Waals surface area contributed by atoms with Crippen LogP contribution < -0.4 is 5.73 Å². The van der Waals surface area contributed by atoms with Crippen LogP contribution >= 0.6 is 0 Å². The third kappa shape index (κ3) is 3.66. The van der Waals surface area contributed by atoms with Crippen molar-refractivity contribution < 1.29 is 8.42 Å². The van der Waals surface area contributed by atoms with Gasteiger partial charge in [0, 0.05) is 26.3 Å². The fraction of sp³-hybridized carbons (Fsp3) is 0.267. The summed E-state index contributed by atoms with van der Waals surface area (Å²) in [6, 6.07) is 11.0. The molecule has 0 radical (unpaired) electrons. The molecule has 6 heteroatoms. The average Bonchev–Trinajstić information content (AvgIpc) is 2.49. The first kappa shape index (κ1) is 15.6. The number of hydrogen-bond donors (Lipinski definition) is 1. The van der Waals surface area contributed by atoms with Gasteiger partial charge in [0.15, 0.2) is 0 Å². The van der Waals surface area contributed by atoms with Crippen molar-refractivity contribution in [3.05, 3.63) is 59.4 Å². The highest BCUT2D eigenvalue weighted by atomic mass is 32.2. The maximum atomic E-state index is 12.5. The minimum absolute atomic E-state index is 0.175. The molecule has 0 fully saturated rings. The molecular weight excluding hydrogens is 286 g/mol. The molecule has 0 amide bonds. The standard InChI is InChI=1S/C15H19N3O2S/c1-12-3-5-13(6-4-12)11-18(2)21(19,20)15-8-7-14(9-16)17-10-15/h3-8,10H,9,11,16H2,1-2H3. The summed E-state index contributed by atoms with van der Waals surface area (Å²) < 4.78 is 26.2. The minimum Gasteiger partial charge on any atom is -0.325 e. The molecule has 0 atom stereocenters. The Kier molecular flexibility index (Phi) is 4.72. The second-order valence-corrected chi connectivity index (χ2v) is 6.98. The van der Waals surface area contributed by atoms with Crippen LogP contribution in [0.5, 0.6) is 0 Å². The largest absolute Gasteiger partial charge is 0.325 e. The summed E-state index contributed by atoms with van der Waals surface area (Å²) >= 11 is 0. The van der Waals surface area contributed by atoms with Crippen LogP contribution in [-0.4, -0.2) is 24.8 Å². The van der Waals surface area contributed by atoms with Gasteiger partial charge in [-0.25, -0.2) is 8.42 Å². The zero-order valence-electron chi connectivity index (χ0n) is 12.2. The normalized spacial score (nSPS) is 11.8. The van der Waals surface area contributed by atoms with E-state index in [-0.39, 0.29) is 4.90 Å². The molecule has 0 aliphatic rings. The summed E-state index contributed by atoms with van der Waals surface area (Å²) in [5.41, 5.74) is 8.21. The number of nitrogens with zero attached hydrogens (tertiary/aromatic N) is 2. The first-order valence-corrected chi connectivity index (χ1v) is 8.04. The van der Waals surface area contributed by atoms with Gasteiger partial charge in [0.25, 0.3) is 0 Å². The number of pyridine rings is 1. The zero-order valence-corrected chi connectivity index (χ0v) is 13.0. The first-order valence-electron chi connectivity index (χ1n) is 6.60. The Morgan fingerprint density at radius 3 is 2.33 bits per heavy atom. The molecule has 0 saturated carbocycles. The van der Waals surface area contributed by atoms with Gasteiger partial charge >= 0.3 is 0 Å². The molecular formula is C15H19N3O2S. The number of sulfonamides is 1. The van der Waals surface area contributed by atoms with E-state index in [1.165, 1.54) is 16.6 Å². The summed E-state index contributed by atoms with van der Waals surface area (Å²) in [6.07, 6.45) is 1.35. The van der Waals surface area contributed by atoms with Crippen molar-refractivity contribution in [3.63, 3.8) is 0 Å². The molecule has 1 aromatic carbocycles. The van der Waals surface area contributed by atoms with E-state index in [0.717, 1.165) is 11.1 Å². The van der Waals surface area contributed by atoms with E-state index >= 15 is 0 Å². The summed E-state index contributed by atoms with van der Waals surface area (Å²) in [5.74, 6) is 0. The fourth-order valence-electron chi connectivity index (χ4n) is 1.90. The molecule has 0 saturated heterocycles. The van der Waals surface area contributed by atoms with Crippen molar-refractivity contribution in [1.82, 2.24) is 9.29 Å². The van der Waals surface area contributed by atoms with Crippen LogP contribution in [0.3, 0.4) is 0 Å². The Bertz CT molecular complexity index is 695. The van der Waals surface area contributed by atoms with E-state index in [0.29, 0.717) is 18.8 Å². The molecule has 112 valence electrons. The van der Waals surface area contributed by atoms with E-state index in [2.05, 4.69) is 4.98 Å². The van der Waals surface area contributed by atoms with Crippen LogP contribution in [-0.2, 0) is 23.1 Å². The summed E-state index contributed by atoms with van der Waals surface area (Å²) in [6.45, 7) is 2.61. The van der Waals surface area contributed by atoms with Crippen molar-refractivity contribution in [2.75, 3.05) is 7.05 Å². The second-order valence-electron chi connectivity index (χ2n) is 4.94. The number of benzene rings is 1. The van der Waals surface area contributed by atoms with E-state index in [1.54, 1.807) is 13.1 Å². The third-order valence-electron chi connectivity index (χ3n) is 3.24. The van der Waals surface area contributed by atoms with Crippen LogP contribution in [0.1, 0.15) is 16.8 Å². The molecule has 1 aromatic heterocycles. The lowest BCUT2D eigenvalue weighted by Gasteiger charge is -2.17. The number of nitrogens with two attached hydrogens (primary N) is 1. The van der Waals surface area contributed by atoms with Crippen molar-refractivity contribution in [2.24, 2.45) is 5.73 Å². The smallest absolute Gasteiger partial charge is 0.244 e. The lowest BCUT2D eigenvalue weighted by molar-refractivity contribution is 0.466. The number of rotatable bonds is 5. The number of aryl methyl sites for hydroxylation is 1. The molecule has 0 spiro atoms. The molecule has 2 N–H and O–H groups in total. The average molecular weight is 305 g/mol. The Morgan fingerprint density at radius 1 is 1.14 bits per heavy atom. The highest BCUT2D eigenvalue weighted by Gasteiger charge is 2.21. The van der Waals surface area contributed by atoms with Crippen LogP contribution in [0.25, 0.3) is 0 Å². The molecule has 0 aliphatic heterocycles. The SMILES string of the molecule is Cc1ccc(CN(C)S(=O)(=O)c2ccc(CN)nc2)cc1. The molecule has 1 heterocycles. The highest BCUT2D eigenvalue weighted by Crippen LogP contribution is 2.16. The summed E-state index contributed by atoms with van der Waals surface area (Å²) in [5, 5.41) is 0. The van der Waals surface area contributed by atoms with Crippen LogP contribution in [0.2, 0.25) is 0 Å². The van der Waals surface area contributed by atoms with E-state index in [1.807, 2.05) is 31.2 Å². The van der Waals surface area contributed by atoms with Gasteiger partial charge in [0.1, 0.15) is 4.90 Å². The van der Waals surface area contributed by atoms with Gasteiger partial charge < -0.3 is 5.73 Å². The fourth-order valence-corrected chi connectivity index (χ4v) is 3.00. The van der Waals surface area contributed by atoms with Crippen molar-refractivity contribution in [3.8, 4) is 0 Å². The molecule has 0 bridgehead atoms. The van der Waals surface area contributed by atoms with Crippen LogP contribution in [0.15, 0.2) is 47.5 Å². The predicted octanol–water partition coefficient (Wildman–Crippen LogP) is 1.67. The maximum Gasteiger partial charge on any atom is 0.244 e. The Balaban J connectivity index is 2.19. The van der Waals surface area contributed by atoms with Crippen molar-refractivity contribution in [1.29, 1.82) is 0 Å². The topological polar surface area (TPSA) is 76.3 Å². The quantitative estimate of drug-likeness (QED) is 0.911. The Labute approximate surface area is 125 Å². The van der Waals surface area contributed by atoms with E-state index < -0.39 is 10.0 Å². The Hall–Kier alpha value is -1.76. The third-order valence-corrected chi connectivity index (χ3v) is 5.03. The predicted molar refractivity (Wildman–Crippen MR) is 82.0 cm³/mol. The van der Waals surface area contributed by atoms with Crippen LogP contribution in [0, 0.1) is 6.92 Å². The van der Waals surface area contributed by atoms with Gasteiger partial charge in [-0.3, -0.25) is 4.98 Å². The monoisotopic (exact) mass is 305 g/mol.